The monoisotopic (exact) mass is 312 g/mol. The fourth-order valence-corrected chi connectivity index (χ4v) is 2.97. The molecular weight excluding hydrogens is 298 g/mol. The number of aryl methyl sites for hydroxylation is 1. The Morgan fingerprint density at radius 2 is 1.71 bits per heavy atom. The van der Waals surface area contributed by atoms with Gasteiger partial charge in [0.05, 0.1) is 0 Å². The maximum absolute atomic E-state index is 14.1. The van der Waals surface area contributed by atoms with Crippen LogP contribution in [0.4, 0.5) is 14.5 Å². The van der Waals surface area contributed by atoms with Crippen molar-refractivity contribution in [1.29, 1.82) is 0 Å². The highest BCUT2D eigenvalue weighted by Gasteiger charge is 2.23. The Morgan fingerprint density at radius 3 is 2.29 bits per heavy atom. The van der Waals surface area contributed by atoms with E-state index in [0.717, 1.165) is 17.7 Å². The Bertz CT molecular complexity index is 759. The molecule has 0 spiro atoms. The number of nitrogens with one attached hydrogen (secondary N) is 1. The van der Waals surface area contributed by atoms with Crippen LogP contribution in [0.3, 0.4) is 0 Å². The predicted octanol–water partition coefficient (Wildman–Crippen LogP) is 2.53. The normalized spacial score (nSPS) is 11.4. The molecule has 4 nitrogen and oxygen atoms in total. The lowest BCUT2D eigenvalue weighted by Crippen LogP contribution is -2.17. The SMILES string of the molecule is Cc1ccc(NS(=O)(=O)c2ccc(F)c(CN)c2F)cc1. The average Bonchev–Trinajstić information content (AvgIpc) is 2.41. The molecule has 0 saturated carbocycles. The van der Waals surface area contributed by atoms with Gasteiger partial charge in [-0.2, -0.15) is 0 Å². The Labute approximate surface area is 121 Å². The molecule has 0 bridgehead atoms. The van der Waals surface area contributed by atoms with Gasteiger partial charge in [-0.25, -0.2) is 17.2 Å². The molecule has 0 saturated heterocycles. The number of hydrogen-bond acceptors (Lipinski definition) is 3. The molecule has 2 rings (SSSR count). The Morgan fingerprint density at radius 1 is 1.10 bits per heavy atom. The number of benzene rings is 2. The van der Waals surface area contributed by atoms with Crippen LogP contribution in [0.25, 0.3) is 0 Å². The second-order valence-electron chi connectivity index (χ2n) is 4.51. The van der Waals surface area contributed by atoms with Gasteiger partial charge >= 0.3 is 0 Å². The molecule has 0 amide bonds. The molecule has 0 aliphatic heterocycles. The van der Waals surface area contributed by atoms with Crippen LogP contribution in [0, 0.1) is 18.6 Å². The van der Waals surface area contributed by atoms with Crippen molar-refractivity contribution in [3.8, 4) is 0 Å². The number of sulfonamides is 1. The van der Waals surface area contributed by atoms with Gasteiger partial charge in [-0.05, 0) is 31.2 Å². The third kappa shape index (κ3) is 3.20. The standard InChI is InChI=1S/C14H14F2N2O2S/c1-9-2-4-10(5-3-9)18-21(19,20)13-7-6-12(15)11(8-17)14(13)16/h2-7,18H,8,17H2,1H3. The van der Waals surface area contributed by atoms with Gasteiger partial charge < -0.3 is 5.73 Å². The first-order chi connectivity index (χ1) is 9.85. The van der Waals surface area contributed by atoms with E-state index in [4.69, 9.17) is 5.73 Å². The molecule has 7 heteroatoms. The molecule has 0 heterocycles. The van der Waals surface area contributed by atoms with E-state index >= 15 is 0 Å². The molecule has 112 valence electrons. The highest BCUT2D eigenvalue weighted by molar-refractivity contribution is 7.92. The topological polar surface area (TPSA) is 72.2 Å². The third-order valence-corrected chi connectivity index (χ3v) is 4.35. The van der Waals surface area contributed by atoms with Gasteiger partial charge in [0.2, 0.25) is 0 Å². The van der Waals surface area contributed by atoms with E-state index in [2.05, 4.69) is 4.72 Å². The molecule has 0 aromatic heterocycles. The quantitative estimate of drug-likeness (QED) is 0.911. The highest BCUT2D eigenvalue weighted by atomic mass is 32.2. The van der Waals surface area contributed by atoms with E-state index in [1.807, 2.05) is 6.92 Å². The minimum Gasteiger partial charge on any atom is -0.326 e. The number of halogens is 2. The third-order valence-electron chi connectivity index (χ3n) is 2.95. The van der Waals surface area contributed by atoms with Gasteiger partial charge in [0.15, 0.2) is 5.82 Å². The van der Waals surface area contributed by atoms with Crippen LogP contribution in [0.2, 0.25) is 0 Å². The van der Waals surface area contributed by atoms with Crippen LogP contribution in [0.5, 0.6) is 0 Å². The minimum absolute atomic E-state index is 0.290. The van der Waals surface area contributed by atoms with Crippen molar-refractivity contribution >= 4 is 15.7 Å². The van der Waals surface area contributed by atoms with E-state index in [1.54, 1.807) is 24.3 Å². The molecule has 0 aliphatic carbocycles. The van der Waals surface area contributed by atoms with E-state index in [1.165, 1.54) is 0 Å². The van der Waals surface area contributed by atoms with Gasteiger partial charge in [-0.15, -0.1) is 0 Å². The second kappa shape index (κ2) is 5.79. The summed E-state index contributed by atoms with van der Waals surface area (Å²) in [6.45, 7) is 1.43. The molecule has 2 aromatic carbocycles. The van der Waals surface area contributed by atoms with E-state index < -0.39 is 38.7 Å². The van der Waals surface area contributed by atoms with Crippen molar-refractivity contribution in [3.05, 3.63) is 59.2 Å². The summed E-state index contributed by atoms with van der Waals surface area (Å²) < 4.78 is 54.0. The maximum atomic E-state index is 14.1. The smallest absolute Gasteiger partial charge is 0.264 e. The van der Waals surface area contributed by atoms with Crippen LogP contribution in [-0.4, -0.2) is 8.42 Å². The summed E-state index contributed by atoms with van der Waals surface area (Å²) in [5.74, 6) is -2.04. The number of hydrogen-bond donors (Lipinski definition) is 2. The molecule has 21 heavy (non-hydrogen) atoms. The van der Waals surface area contributed by atoms with E-state index in [-0.39, 0.29) is 0 Å². The van der Waals surface area contributed by atoms with Gasteiger partial charge in [-0.3, -0.25) is 4.72 Å². The molecule has 2 aromatic rings. The lowest BCUT2D eigenvalue weighted by Gasteiger charge is -2.11. The van der Waals surface area contributed by atoms with Crippen molar-refractivity contribution in [1.82, 2.24) is 0 Å². The van der Waals surface area contributed by atoms with Crippen molar-refractivity contribution < 1.29 is 17.2 Å². The molecule has 0 atom stereocenters. The van der Waals surface area contributed by atoms with Crippen LogP contribution in [-0.2, 0) is 16.6 Å². The zero-order valence-corrected chi connectivity index (χ0v) is 12.0. The fraction of sp³-hybridized carbons (Fsp3) is 0.143. The van der Waals surface area contributed by atoms with Gasteiger partial charge in [0.25, 0.3) is 10.0 Å². The average molecular weight is 312 g/mol. The molecular formula is C14H14F2N2O2S. The summed E-state index contributed by atoms with van der Waals surface area (Å²) in [6, 6.07) is 8.29. The lowest BCUT2D eigenvalue weighted by molar-refractivity contribution is 0.530. The summed E-state index contributed by atoms with van der Waals surface area (Å²) in [6.07, 6.45) is 0. The molecule has 0 radical (unpaired) electrons. The van der Waals surface area contributed by atoms with Gasteiger partial charge in [0.1, 0.15) is 10.7 Å². The lowest BCUT2D eigenvalue weighted by atomic mass is 10.2. The first kappa shape index (κ1) is 15.4. The zero-order chi connectivity index (χ0) is 15.6. The molecule has 0 unspecified atom stereocenters. The van der Waals surface area contributed by atoms with Gasteiger partial charge in [-0.1, -0.05) is 17.7 Å². The van der Waals surface area contributed by atoms with Crippen molar-refractivity contribution in [2.24, 2.45) is 5.73 Å². The van der Waals surface area contributed by atoms with Crippen LogP contribution >= 0.6 is 0 Å². The van der Waals surface area contributed by atoms with Crippen molar-refractivity contribution in [2.75, 3.05) is 4.72 Å². The summed E-state index contributed by atoms with van der Waals surface area (Å²) in [7, 11) is -4.15. The Hall–Kier alpha value is -1.99. The van der Waals surface area contributed by atoms with E-state index in [0.29, 0.717) is 5.69 Å². The Balaban J connectivity index is 2.42. The van der Waals surface area contributed by atoms with Crippen LogP contribution in [0.15, 0.2) is 41.3 Å². The first-order valence-electron chi connectivity index (χ1n) is 6.11. The maximum Gasteiger partial charge on any atom is 0.264 e. The largest absolute Gasteiger partial charge is 0.326 e. The zero-order valence-electron chi connectivity index (χ0n) is 11.2. The van der Waals surface area contributed by atoms with Crippen molar-refractivity contribution in [3.63, 3.8) is 0 Å². The summed E-state index contributed by atoms with van der Waals surface area (Å²) >= 11 is 0. The van der Waals surface area contributed by atoms with Crippen LogP contribution in [0.1, 0.15) is 11.1 Å². The number of nitrogens with two attached hydrogens (primary N) is 1. The predicted molar refractivity (Wildman–Crippen MR) is 76.2 cm³/mol. The molecule has 0 fully saturated rings. The van der Waals surface area contributed by atoms with Crippen LogP contribution < -0.4 is 10.5 Å². The molecule has 0 aliphatic rings. The van der Waals surface area contributed by atoms with Gasteiger partial charge in [0, 0.05) is 17.8 Å². The van der Waals surface area contributed by atoms with Crippen molar-refractivity contribution in [2.45, 2.75) is 18.4 Å². The molecule has 3 N–H and O–H groups in total. The van der Waals surface area contributed by atoms with E-state index in [9.17, 15) is 17.2 Å². The Kier molecular flexibility index (Phi) is 4.24. The minimum atomic E-state index is -4.15. The number of rotatable bonds is 4. The highest BCUT2D eigenvalue weighted by Crippen LogP contribution is 2.23. The first-order valence-corrected chi connectivity index (χ1v) is 7.60. The summed E-state index contributed by atoms with van der Waals surface area (Å²) in [5.41, 5.74) is 6.03. The summed E-state index contributed by atoms with van der Waals surface area (Å²) in [4.78, 5) is -0.634. The summed E-state index contributed by atoms with van der Waals surface area (Å²) in [5, 5.41) is 0. The fourth-order valence-electron chi connectivity index (χ4n) is 1.80. The second-order valence-corrected chi connectivity index (χ2v) is 6.16. The number of anilines is 1.